The lowest BCUT2D eigenvalue weighted by Gasteiger charge is -2.09. The van der Waals surface area contributed by atoms with Gasteiger partial charge in [0.1, 0.15) is 11.6 Å². The van der Waals surface area contributed by atoms with Gasteiger partial charge in [0, 0.05) is 24.7 Å². The molecule has 0 bridgehead atoms. The van der Waals surface area contributed by atoms with Crippen molar-refractivity contribution in [2.45, 2.75) is 53.4 Å². The van der Waals surface area contributed by atoms with E-state index in [1.165, 1.54) is 0 Å². The molecule has 3 nitrogen and oxygen atoms in total. The minimum absolute atomic E-state index is 0.705. The number of rotatable bonds is 7. The molecule has 0 aliphatic carbocycles. The van der Waals surface area contributed by atoms with Crippen LogP contribution < -0.4 is 5.32 Å². The van der Waals surface area contributed by atoms with Crippen LogP contribution in [0.3, 0.4) is 0 Å². The molecule has 17 heavy (non-hydrogen) atoms. The largest absolute Gasteiger partial charge is 0.370 e. The Labute approximate surface area is 105 Å². The maximum atomic E-state index is 4.63. The molecule has 3 heteroatoms. The van der Waals surface area contributed by atoms with Gasteiger partial charge in [-0.1, -0.05) is 27.2 Å². The molecular weight excluding hydrogens is 210 g/mol. The quantitative estimate of drug-likeness (QED) is 0.786. The van der Waals surface area contributed by atoms with Crippen LogP contribution in [0.4, 0.5) is 5.82 Å². The van der Waals surface area contributed by atoms with Gasteiger partial charge < -0.3 is 5.32 Å². The molecule has 1 N–H and O–H groups in total. The van der Waals surface area contributed by atoms with Crippen LogP contribution in [0.2, 0.25) is 0 Å². The van der Waals surface area contributed by atoms with Crippen molar-refractivity contribution < 1.29 is 0 Å². The number of hydrogen-bond donors (Lipinski definition) is 1. The molecule has 1 aromatic heterocycles. The highest BCUT2D eigenvalue weighted by atomic mass is 15.0. The Morgan fingerprint density at radius 2 is 1.94 bits per heavy atom. The smallest absolute Gasteiger partial charge is 0.131 e. The molecule has 0 fully saturated rings. The van der Waals surface area contributed by atoms with Gasteiger partial charge in [0.25, 0.3) is 0 Å². The SMILES string of the molecule is CCCc1cc(NCC)nc(CCC(C)C)n1. The van der Waals surface area contributed by atoms with E-state index in [-0.39, 0.29) is 0 Å². The molecule has 0 aromatic carbocycles. The Bertz CT molecular complexity index is 310. The fourth-order valence-corrected chi connectivity index (χ4v) is 1.74. The van der Waals surface area contributed by atoms with Crippen molar-refractivity contribution in [2.75, 3.05) is 11.9 Å². The minimum atomic E-state index is 0.705. The van der Waals surface area contributed by atoms with Crippen molar-refractivity contribution in [1.29, 1.82) is 0 Å². The third-order valence-electron chi connectivity index (χ3n) is 2.63. The van der Waals surface area contributed by atoms with Crippen LogP contribution in [-0.4, -0.2) is 16.5 Å². The fraction of sp³-hybridized carbons (Fsp3) is 0.714. The van der Waals surface area contributed by atoms with Gasteiger partial charge in [-0.05, 0) is 25.7 Å². The second-order valence-electron chi connectivity index (χ2n) is 4.87. The van der Waals surface area contributed by atoms with E-state index >= 15 is 0 Å². The molecule has 0 atom stereocenters. The topological polar surface area (TPSA) is 37.8 Å². The van der Waals surface area contributed by atoms with Gasteiger partial charge in [-0.15, -0.1) is 0 Å². The summed E-state index contributed by atoms with van der Waals surface area (Å²) in [5.74, 6) is 2.67. The molecule has 1 rings (SSSR count). The summed E-state index contributed by atoms with van der Waals surface area (Å²) < 4.78 is 0. The van der Waals surface area contributed by atoms with Crippen LogP contribution in [0, 0.1) is 5.92 Å². The van der Waals surface area contributed by atoms with Crippen LogP contribution in [0.5, 0.6) is 0 Å². The van der Waals surface area contributed by atoms with Gasteiger partial charge in [0.2, 0.25) is 0 Å². The molecule has 1 aromatic rings. The summed E-state index contributed by atoms with van der Waals surface area (Å²) in [4.78, 5) is 9.18. The first-order valence-corrected chi connectivity index (χ1v) is 6.76. The summed E-state index contributed by atoms with van der Waals surface area (Å²) in [6.45, 7) is 9.66. The first-order valence-electron chi connectivity index (χ1n) is 6.76. The van der Waals surface area contributed by atoms with Crippen LogP contribution in [-0.2, 0) is 12.8 Å². The lowest BCUT2D eigenvalue weighted by Crippen LogP contribution is -2.07. The second-order valence-corrected chi connectivity index (χ2v) is 4.87. The van der Waals surface area contributed by atoms with Crippen molar-refractivity contribution in [3.05, 3.63) is 17.6 Å². The van der Waals surface area contributed by atoms with E-state index in [0.29, 0.717) is 5.92 Å². The third-order valence-corrected chi connectivity index (χ3v) is 2.63. The van der Waals surface area contributed by atoms with E-state index in [0.717, 1.165) is 49.6 Å². The van der Waals surface area contributed by atoms with Crippen LogP contribution >= 0.6 is 0 Å². The molecule has 0 aliphatic rings. The van der Waals surface area contributed by atoms with Crippen LogP contribution in [0.15, 0.2) is 6.07 Å². The highest BCUT2D eigenvalue weighted by molar-refractivity contribution is 5.36. The van der Waals surface area contributed by atoms with Gasteiger partial charge in [-0.25, -0.2) is 9.97 Å². The van der Waals surface area contributed by atoms with E-state index < -0.39 is 0 Å². The fourth-order valence-electron chi connectivity index (χ4n) is 1.74. The Morgan fingerprint density at radius 3 is 2.53 bits per heavy atom. The molecule has 1 heterocycles. The van der Waals surface area contributed by atoms with Crippen molar-refractivity contribution in [2.24, 2.45) is 5.92 Å². The van der Waals surface area contributed by atoms with E-state index in [2.05, 4.69) is 49.0 Å². The maximum absolute atomic E-state index is 4.63. The van der Waals surface area contributed by atoms with Crippen molar-refractivity contribution in [3.63, 3.8) is 0 Å². The van der Waals surface area contributed by atoms with E-state index in [4.69, 9.17) is 0 Å². The predicted octanol–water partition coefficient (Wildman–Crippen LogP) is 3.45. The summed E-state index contributed by atoms with van der Waals surface area (Å²) in [6, 6.07) is 2.08. The minimum Gasteiger partial charge on any atom is -0.370 e. The summed E-state index contributed by atoms with van der Waals surface area (Å²) in [7, 11) is 0. The van der Waals surface area contributed by atoms with Crippen LogP contribution in [0.1, 0.15) is 52.1 Å². The standard InChI is InChI=1S/C14H25N3/c1-5-7-12-10-14(15-6-2)17-13(16-12)9-8-11(3)4/h10-11H,5-9H2,1-4H3,(H,15,16,17). The summed E-state index contributed by atoms with van der Waals surface area (Å²) in [5.41, 5.74) is 1.16. The first kappa shape index (κ1) is 13.9. The molecular formula is C14H25N3. The van der Waals surface area contributed by atoms with Gasteiger partial charge in [-0.2, -0.15) is 0 Å². The molecule has 0 aliphatic heterocycles. The maximum Gasteiger partial charge on any atom is 0.131 e. The summed E-state index contributed by atoms with van der Waals surface area (Å²) >= 11 is 0. The first-order chi connectivity index (χ1) is 8.15. The monoisotopic (exact) mass is 235 g/mol. The van der Waals surface area contributed by atoms with Crippen LogP contribution in [0.25, 0.3) is 0 Å². The van der Waals surface area contributed by atoms with Gasteiger partial charge in [0.15, 0.2) is 0 Å². The number of aromatic nitrogens is 2. The van der Waals surface area contributed by atoms with E-state index in [1.807, 2.05) is 0 Å². The highest BCUT2D eigenvalue weighted by Gasteiger charge is 2.05. The highest BCUT2D eigenvalue weighted by Crippen LogP contribution is 2.12. The second kappa shape index (κ2) is 7.25. The zero-order chi connectivity index (χ0) is 12.7. The molecule has 0 radical (unpaired) electrons. The summed E-state index contributed by atoms with van der Waals surface area (Å²) in [5, 5.41) is 3.28. The predicted molar refractivity (Wildman–Crippen MR) is 73.3 cm³/mol. The van der Waals surface area contributed by atoms with Gasteiger partial charge in [0.05, 0.1) is 0 Å². The lowest BCUT2D eigenvalue weighted by atomic mass is 10.1. The van der Waals surface area contributed by atoms with Crippen molar-refractivity contribution in [3.8, 4) is 0 Å². The zero-order valence-corrected chi connectivity index (χ0v) is 11.6. The van der Waals surface area contributed by atoms with Gasteiger partial charge in [-0.3, -0.25) is 0 Å². The average molecular weight is 235 g/mol. The third kappa shape index (κ3) is 5.16. The molecule has 96 valence electrons. The van der Waals surface area contributed by atoms with Crippen molar-refractivity contribution in [1.82, 2.24) is 9.97 Å². The lowest BCUT2D eigenvalue weighted by molar-refractivity contribution is 0.573. The molecule has 0 spiro atoms. The van der Waals surface area contributed by atoms with Gasteiger partial charge >= 0.3 is 0 Å². The molecule has 0 saturated heterocycles. The number of aryl methyl sites for hydroxylation is 2. The number of hydrogen-bond acceptors (Lipinski definition) is 3. The van der Waals surface area contributed by atoms with E-state index in [1.54, 1.807) is 0 Å². The number of nitrogens with zero attached hydrogens (tertiary/aromatic N) is 2. The summed E-state index contributed by atoms with van der Waals surface area (Å²) in [6.07, 6.45) is 4.30. The van der Waals surface area contributed by atoms with E-state index in [9.17, 15) is 0 Å². The Kier molecular flexibility index (Phi) is 5.95. The molecule has 0 amide bonds. The van der Waals surface area contributed by atoms with Crippen molar-refractivity contribution >= 4 is 5.82 Å². The molecule has 0 unspecified atom stereocenters. The Balaban J connectivity index is 2.79. The number of nitrogens with one attached hydrogen (secondary N) is 1. The zero-order valence-electron chi connectivity index (χ0n) is 11.6. The number of anilines is 1. The normalized spacial score (nSPS) is 10.9. The molecule has 0 saturated carbocycles. The average Bonchev–Trinajstić information content (AvgIpc) is 2.27. The Morgan fingerprint density at radius 1 is 1.18 bits per heavy atom. The Hall–Kier alpha value is -1.12.